The van der Waals surface area contributed by atoms with Crippen molar-refractivity contribution in [2.75, 3.05) is 6.61 Å². The molecule has 0 aromatic carbocycles. The minimum Gasteiger partial charge on any atom is -0.478 e. The van der Waals surface area contributed by atoms with Gasteiger partial charge in [0, 0.05) is 12.5 Å². The molecule has 2 atom stereocenters. The van der Waals surface area contributed by atoms with Crippen LogP contribution < -0.4 is 0 Å². The monoisotopic (exact) mass is 200 g/mol. The first kappa shape index (κ1) is 10.9. The van der Waals surface area contributed by atoms with Crippen LogP contribution in [0, 0.1) is 5.92 Å². The Balaban J connectivity index is 2.94. The summed E-state index contributed by atoms with van der Waals surface area (Å²) in [5.41, 5.74) is 0.112. The topological polar surface area (TPSA) is 46.5 Å². The Kier molecular flexibility index (Phi) is 3.41. The van der Waals surface area contributed by atoms with Crippen LogP contribution in [-0.4, -0.2) is 23.8 Å². The van der Waals surface area contributed by atoms with Crippen LogP contribution in [0.25, 0.3) is 0 Å². The van der Waals surface area contributed by atoms with Crippen LogP contribution in [0.15, 0.2) is 23.6 Å². The number of halogens is 1. The van der Waals surface area contributed by atoms with Gasteiger partial charge in [-0.2, -0.15) is 0 Å². The highest BCUT2D eigenvalue weighted by Gasteiger charge is 2.31. The van der Waals surface area contributed by atoms with Gasteiger partial charge in [-0.25, -0.2) is 9.18 Å². The van der Waals surface area contributed by atoms with Gasteiger partial charge in [0.15, 0.2) is 0 Å². The lowest BCUT2D eigenvalue weighted by Gasteiger charge is -2.25. The number of aliphatic carboxylic acids is 1. The molecule has 0 aromatic heterocycles. The van der Waals surface area contributed by atoms with Gasteiger partial charge in [-0.1, -0.05) is 6.92 Å². The summed E-state index contributed by atoms with van der Waals surface area (Å²) in [6.07, 6.45) is 1.77. The quantitative estimate of drug-likeness (QED) is 0.756. The van der Waals surface area contributed by atoms with Crippen molar-refractivity contribution in [2.24, 2.45) is 5.92 Å². The molecule has 0 bridgehead atoms. The molecule has 0 amide bonds. The molecule has 0 aliphatic heterocycles. The Hall–Kier alpha value is -1.16. The summed E-state index contributed by atoms with van der Waals surface area (Å²) in [7, 11) is 0. The van der Waals surface area contributed by atoms with Gasteiger partial charge in [-0.05, 0) is 19.1 Å². The average Bonchev–Trinajstić information content (AvgIpc) is 2.13. The molecule has 3 nitrogen and oxygen atoms in total. The maximum atomic E-state index is 13.1. The minimum atomic E-state index is -1.06. The van der Waals surface area contributed by atoms with Gasteiger partial charge < -0.3 is 9.84 Å². The summed E-state index contributed by atoms with van der Waals surface area (Å²) in [6.45, 7) is 3.73. The van der Waals surface area contributed by atoms with Crippen molar-refractivity contribution in [3.8, 4) is 0 Å². The zero-order chi connectivity index (χ0) is 10.7. The van der Waals surface area contributed by atoms with Crippen molar-refractivity contribution in [2.45, 2.75) is 20.0 Å². The van der Waals surface area contributed by atoms with E-state index in [1.807, 2.05) is 0 Å². The third kappa shape index (κ3) is 2.01. The van der Waals surface area contributed by atoms with Crippen molar-refractivity contribution in [1.82, 2.24) is 0 Å². The molecule has 4 heteroatoms. The second-order valence-corrected chi connectivity index (χ2v) is 3.14. The van der Waals surface area contributed by atoms with Gasteiger partial charge in [0.25, 0.3) is 0 Å². The number of carboxylic acids is 1. The summed E-state index contributed by atoms with van der Waals surface area (Å²) in [4.78, 5) is 10.8. The van der Waals surface area contributed by atoms with Crippen LogP contribution in [-0.2, 0) is 9.53 Å². The van der Waals surface area contributed by atoms with Gasteiger partial charge in [0.1, 0.15) is 5.83 Å². The minimum absolute atomic E-state index is 0.112. The van der Waals surface area contributed by atoms with Crippen LogP contribution in [0.1, 0.15) is 13.8 Å². The molecule has 1 aliphatic rings. The van der Waals surface area contributed by atoms with Crippen LogP contribution >= 0.6 is 0 Å². The highest BCUT2D eigenvalue weighted by molar-refractivity contribution is 5.88. The highest BCUT2D eigenvalue weighted by atomic mass is 19.1. The number of carboxylic acid groups (broad SMARTS) is 1. The predicted octanol–water partition coefficient (Wildman–Crippen LogP) is 1.91. The molecule has 78 valence electrons. The first-order valence-corrected chi connectivity index (χ1v) is 4.50. The first-order chi connectivity index (χ1) is 6.57. The zero-order valence-corrected chi connectivity index (χ0v) is 8.16. The Morgan fingerprint density at radius 3 is 2.79 bits per heavy atom. The van der Waals surface area contributed by atoms with E-state index < -0.39 is 18.0 Å². The van der Waals surface area contributed by atoms with Crippen molar-refractivity contribution < 1.29 is 19.0 Å². The summed E-state index contributed by atoms with van der Waals surface area (Å²) in [5, 5.41) is 8.84. The van der Waals surface area contributed by atoms with E-state index in [0.29, 0.717) is 6.61 Å². The molecule has 0 fully saturated rings. The molecule has 0 spiro atoms. The molecular weight excluding hydrogens is 187 g/mol. The lowest BCUT2D eigenvalue weighted by atomic mass is 9.91. The van der Waals surface area contributed by atoms with Crippen molar-refractivity contribution >= 4 is 5.97 Å². The molecule has 0 aromatic rings. The second-order valence-electron chi connectivity index (χ2n) is 3.14. The largest absolute Gasteiger partial charge is 0.478 e. The maximum Gasteiger partial charge on any atom is 0.334 e. The number of ether oxygens (including phenoxy) is 1. The van der Waals surface area contributed by atoms with E-state index in [9.17, 15) is 9.18 Å². The Labute approximate surface area is 81.9 Å². The normalized spacial score (nSPS) is 26.8. The number of hydrogen-bond acceptors (Lipinski definition) is 2. The fraction of sp³-hybridized carbons (Fsp3) is 0.500. The number of allylic oxidation sites excluding steroid dienone is 2. The number of carbonyl (C=O) groups is 1. The summed E-state index contributed by atoms with van der Waals surface area (Å²) in [6, 6.07) is 0. The molecule has 14 heavy (non-hydrogen) atoms. The van der Waals surface area contributed by atoms with Crippen molar-refractivity contribution in [3.05, 3.63) is 23.6 Å². The Bertz CT molecular complexity index is 294. The van der Waals surface area contributed by atoms with Crippen molar-refractivity contribution in [1.29, 1.82) is 0 Å². The lowest BCUT2D eigenvalue weighted by Crippen LogP contribution is -2.30. The maximum absolute atomic E-state index is 13.1. The second kappa shape index (κ2) is 4.37. The van der Waals surface area contributed by atoms with E-state index in [0.717, 1.165) is 0 Å². The first-order valence-electron chi connectivity index (χ1n) is 4.50. The molecule has 2 unspecified atom stereocenters. The molecule has 1 aliphatic carbocycles. The van der Waals surface area contributed by atoms with Gasteiger partial charge in [-0.15, -0.1) is 0 Å². The smallest absolute Gasteiger partial charge is 0.334 e. The highest BCUT2D eigenvalue weighted by Crippen LogP contribution is 2.28. The van der Waals surface area contributed by atoms with Crippen LogP contribution in [0.5, 0.6) is 0 Å². The molecule has 0 saturated carbocycles. The SMILES string of the molecule is CCOC1C(C(=O)O)=CC=C(F)C1C. The Morgan fingerprint density at radius 2 is 2.29 bits per heavy atom. The molecular formula is C10H13FO3. The third-order valence-corrected chi connectivity index (χ3v) is 2.21. The number of rotatable bonds is 3. The van der Waals surface area contributed by atoms with Gasteiger partial charge >= 0.3 is 5.97 Å². The molecule has 0 radical (unpaired) electrons. The van der Waals surface area contributed by atoms with E-state index in [1.165, 1.54) is 12.2 Å². The fourth-order valence-electron chi connectivity index (χ4n) is 1.44. The standard InChI is InChI=1S/C10H13FO3/c1-3-14-9-6(2)8(11)5-4-7(9)10(12)13/h4-6,9H,3H2,1-2H3,(H,12,13). The summed E-state index contributed by atoms with van der Waals surface area (Å²) >= 11 is 0. The molecule has 0 saturated heterocycles. The van der Waals surface area contributed by atoms with E-state index in [4.69, 9.17) is 9.84 Å². The van der Waals surface area contributed by atoms with Crippen LogP contribution in [0.3, 0.4) is 0 Å². The molecule has 0 heterocycles. The summed E-state index contributed by atoms with van der Waals surface area (Å²) < 4.78 is 18.3. The van der Waals surface area contributed by atoms with E-state index in [2.05, 4.69) is 0 Å². The summed E-state index contributed by atoms with van der Waals surface area (Å²) in [5.74, 6) is -1.92. The van der Waals surface area contributed by atoms with Gasteiger partial charge in [0.05, 0.1) is 11.7 Å². The Morgan fingerprint density at radius 1 is 1.64 bits per heavy atom. The molecule has 1 N–H and O–H groups in total. The van der Waals surface area contributed by atoms with Crippen LogP contribution in [0.2, 0.25) is 0 Å². The third-order valence-electron chi connectivity index (χ3n) is 2.21. The molecule has 1 rings (SSSR count). The van der Waals surface area contributed by atoms with Gasteiger partial charge in [-0.3, -0.25) is 0 Å². The van der Waals surface area contributed by atoms with E-state index in [1.54, 1.807) is 13.8 Å². The fourth-order valence-corrected chi connectivity index (χ4v) is 1.44. The number of hydrogen-bond donors (Lipinski definition) is 1. The lowest BCUT2D eigenvalue weighted by molar-refractivity contribution is -0.134. The van der Waals surface area contributed by atoms with Crippen molar-refractivity contribution in [3.63, 3.8) is 0 Å². The zero-order valence-electron chi connectivity index (χ0n) is 8.16. The van der Waals surface area contributed by atoms with Gasteiger partial charge in [0.2, 0.25) is 0 Å². The van der Waals surface area contributed by atoms with E-state index >= 15 is 0 Å². The average molecular weight is 200 g/mol. The van der Waals surface area contributed by atoms with E-state index in [-0.39, 0.29) is 11.4 Å². The van der Waals surface area contributed by atoms with Crippen LogP contribution in [0.4, 0.5) is 4.39 Å². The predicted molar refractivity (Wildman–Crippen MR) is 49.5 cm³/mol.